The Labute approximate surface area is 161 Å². The van der Waals surface area contributed by atoms with Gasteiger partial charge in [-0.25, -0.2) is 5.01 Å². The summed E-state index contributed by atoms with van der Waals surface area (Å²) in [5.41, 5.74) is 3.50. The molecule has 0 atom stereocenters. The maximum atomic E-state index is 12.7. The molecule has 1 N–H and O–H groups in total. The van der Waals surface area contributed by atoms with Gasteiger partial charge in [0.2, 0.25) is 5.75 Å². The number of methoxy groups -OCH3 is 2. The third-order valence-corrected chi connectivity index (χ3v) is 3.95. The van der Waals surface area contributed by atoms with Crippen molar-refractivity contribution in [3.63, 3.8) is 0 Å². The zero-order chi connectivity index (χ0) is 20.3. The number of nitrogens with zero attached hydrogens (tertiary/aromatic N) is 1. The molecule has 0 unspecified atom stereocenters. The molecule has 0 spiro atoms. The number of para-hydroxylation sites is 1. The topological polar surface area (TPSA) is 94.2 Å². The summed E-state index contributed by atoms with van der Waals surface area (Å²) >= 11 is 0. The van der Waals surface area contributed by atoms with Crippen LogP contribution in [0, 0.1) is 0 Å². The number of nitrogens with one attached hydrogen (secondary N) is 1. The molecule has 1 fully saturated rings. The molecule has 0 aromatic heterocycles. The summed E-state index contributed by atoms with van der Waals surface area (Å²) in [5, 5.41) is 1.18. The van der Waals surface area contributed by atoms with Gasteiger partial charge in [-0.2, -0.15) is 0 Å². The number of rotatable bonds is 5. The van der Waals surface area contributed by atoms with Crippen molar-refractivity contribution in [1.82, 2.24) is 5.43 Å². The summed E-state index contributed by atoms with van der Waals surface area (Å²) in [6.45, 7) is 1.26. The van der Waals surface area contributed by atoms with Crippen molar-refractivity contribution in [3.8, 4) is 17.2 Å². The van der Waals surface area contributed by atoms with E-state index < -0.39 is 17.8 Å². The molecule has 1 aliphatic rings. The summed E-state index contributed by atoms with van der Waals surface area (Å²) in [7, 11) is 2.81. The van der Waals surface area contributed by atoms with Gasteiger partial charge in [-0.1, -0.05) is 18.2 Å². The van der Waals surface area contributed by atoms with Gasteiger partial charge in [-0.05, 0) is 35.9 Å². The van der Waals surface area contributed by atoms with Crippen LogP contribution in [0.2, 0.25) is 0 Å². The molecule has 0 saturated carbocycles. The monoisotopic (exact) mass is 382 g/mol. The van der Waals surface area contributed by atoms with E-state index in [1.165, 1.54) is 32.2 Å². The summed E-state index contributed by atoms with van der Waals surface area (Å²) in [6, 6.07) is 11.8. The fourth-order valence-electron chi connectivity index (χ4n) is 2.71. The molecule has 28 heavy (non-hydrogen) atoms. The smallest absolute Gasteiger partial charge is 0.308 e. The Morgan fingerprint density at radius 3 is 2.18 bits per heavy atom. The first kappa shape index (κ1) is 19.0. The Balaban J connectivity index is 2.00. The van der Waals surface area contributed by atoms with Gasteiger partial charge in [0.1, 0.15) is 5.57 Å². The molecule has 2 aromatic rings. The SMILES string of the molecule is COc1cc(/C=C2/C(=O)NN(c3ccccc3)C2=O)cc(OC)c1OC(C)=O. The van der Waals surface area contributed by atoms with Gasteiger partial charge in [0, 0.05) is 6.92 Å². The normalized spacial score (nSPS) is 14.8. The molecule has 2 aromatic carbocycles. The third-order valence-electron chi connectivity index (χ3n) is 3.95. The van der Waals surface area contributed by atoms with Gasteiger partial charge < -0.3 is 14.2 Å². The lowest BCUT2D eigenvalue weighted by Crippen LogP contribution is -2.35. The molecule has 8 nitrogen and oxygen atoms in total. The molecule has 0 bridgehead atoms. The maximum Gasteiger partial charge on any atom is 0.308 e. The lowest BCUT2D eigenvalue weighted by atomic mass is 10.1. The van der Waals surface area contributed by atoms with E-state index in [2.05, 4.69) is 5.43 Å². The van der Waals surface area contributed by atoms with Gasteiger partial charge >= 0.3 is 5.97 Å². The van der Waals surface area contributed by atoms with E-state index in [-0.39, 0.29) is 22.8 Å². The second-order valence-corrected chi connectivity index (χ2v) is 5.82. The van der Waals surface area contributed by atoms with Crippen molar-refractivity contribution in [2.45, 2.75) is 6.92 Å². The van der Waals surface area contributed by atoms with Crippen LogP contribution in [0.4, 0.5) is 5.69 Å². The number of hydrogen-bond donors (Lipinski definition) is 1. The number of amides is 2. The Hall–Kier alpha value is -3.81. The minimum Gasteiger partial charge on any atom is -0.493 e. The van der Waals surface area contributed by atoms with E-state index in [0.29, 0.717) is 11.3 Å². The van der Waals surface area contributed by atoms with Gasteiger partial charge in [0.05, 0.1) is 19.9 Å². The maximum absolute atomic E-state index is 12.7. The molecular weight excluding hydrogens is 364 g/mol. The van der Waals surface area contributed by atoms with E-state index in [1.807, 2.05) is 6.07 Å². The fraction of sp³-hybridized carbons (Fsp3) is 0.150. The first-order valence-electron chi connectivity index (χ1n) is 8.31. The number of anilines is 1. The van der Waals surface area contributed by atoms with Crippen molar-refractivity contribution >= 4 is 29.5 Å². The second kappa shape index (κ2) is 7.83. The van der Waals surface area contributed by atoms with Crippen LogP contribution in [0.1, 0.15) is 12.5 Å². The fourth-order valence-corrected chi connectivity index (χ4v) is 2.71. The van der Waals surface area contributed by atoms with E-state index in [9.17, 15) is 14.4 Å². The number of carbonyl (C=O) groups excluding carboxylic acids is 3. The zero-order valence-corrected chi connectivity index (χ0v) is 15.5. The highest BCUT2D eigenvalue weighted by Crippen LogP contribution is 2.39. The van der Waals surface area contributed by atoms with Gasteiger partial charge in [-0.3, -0.25) is 19.8 Å². The van der Waals surface area contributed by atoms with E-state index in [1.54, 1.807) is 36.4 Å². The predicted molar refractivity (Wildman–Crippen MR) is 101 cm³/mol. The van der Waals surface area contributed by atoms with Gasteiger partial charge in [-0.15, -0.1) is 0 Å². The van der Waals surface area contributed by atoms with Crippen LogP contribution in [0.25, 0.3) is 6.08 Å². The van der Waals surface area contributed by atoms with Crippen LogP contribution in [-0.4, -0.2) is 32.0 Å². The summed E-state index contributed by atoms with van der Waals surface area (Å²) in [5.74, 6) is -0.979. The molecular formula is C20H18N2O6. The molecule has 1 aliphatic heterocycles. The summed E-state index contributed by atoms with van der Waals surface area (Å²) in [4.78, 5) is 36.3. The summed E-state index contributed by atoms with van der Waals surface area (Å²) in [6.07, 6.45) is 1.42. The van der Waals surface area contributed by atoms with Crippen molar-refractivity contribution < 1.29 is 28.6 Å². The van der Waals surface area contributed by atoms with Crippen molar-refractivity contribution in [2.75, 3.05) is 19.2 Å². The quantitative estimate of drug-likeness (QED) is 0.368. The number of carbonyl (C=O) groups is 3. The molecule has 2 amide bonds. The molecule has 144 valence electrons. The minimum atomic E-state index is -0.536. The van der Waals surface area contributed by atoms with Gasteiger partial charge in [0.25, 0.3) is 11.8 Å². The molecule has 1 heterocycles. The Kier molecular flexibility index (Phi) is 5.30. The first-order valence-corrected chi connectivity index (χ1v) is 8.31. The molecule has 3 rings (SSSR count). The lowest BCUT2D eigenvalue weighted by molar-refractivity contribution is -0.132. The first-order chi connectivity index (χ1) is 13.4. The average Bonchev–Trinajstić information content (AvgIpc) is 2.97. The zero-order valence-electron chi connectivity index (χ0n) is 15.5. The van der Waals surface area contributed by atoms with Crippen LogP contribution < -0.4 is 24.6 Å². The van der Waals surface area contributed by atoms with Crippen LogP contribution in [0.3, 0.4) is 0 Å². The van der Waals surface area contributed by atoms with E-state index in [4.69, 9.17) is 14.2 Å². The number of ether oxygens (including phenoxy) is 3. The van der Waals surface area contributed by atoms with E-state index >= 15 is 0 Å². The highest BCUT2D eigenvalue weighted by molar-refractivity contribution is 6.31. The Bertz CT molecular complexity index is 943. The Morgan fingerprint density at radius 2 is 1.64 bits per heavy atom. The highest BCUT2D eigenvalue weighted by Gasteiger charge is 2.34. The van der Waals surface area contributed by atoms with Crippen LogP contribution in [0.15, 0.2) is 48.0 Å². The third kappa shape index (κ3) is 3.66. The number of hydrazine groups is 1. The molecule has 0 radical (unpaired) electrons. The van der Waals surface area contributed by atoms with E-state index in [0.717, 1.165) is 0 Å². The number of benzene rings is 2. The Morgan fingerprint density at radius 1 is 1.04 bits per heavy atom. The molecule has 8 heteroatoms. The lowest BCUT2D eigenvalue weighted by Gasteiger charge is -2.14. The highest BCUT2D eigenvalue weighted by atomic mass is 16.6. The van der Waals surface area contributed by atoms with Crippen molar-refractivity contribution in [2.24, 2.45) is 0 Å². The molecule has 1 saturated heterocycles. The van der Waals surface area contributed by atoms with Crippen LogP contribution >= 0.6 is 0 Å². The largest absolute Gasteiger partial charge is 0.493 e. The number of hydrogen-bond acceptors (Lipinski definition) is 6. The minimum absolute atomic E-state index is 0.0480. The second-order valence-electron chi connectivity index (χ2n) is 5.82. The predicted octanol–water partition coefficient (Wildman–Crippen LogP) is 2.09. The van der Waals surface area contributed by atoms with Crippen molar-refractivity contribution in [3.05, 3.63) is 53.6 Å². The van der Waals surface area contributed by atoms with Crippen LogP contribution in [0.5, 0.6) is 17.2 Å². The van der Waals surface area contributed by atoms with Gasteiger partial charge in [0.15, 0.2) is 11.5 Å². The molecule has 0 aliphatic carbocycles. The number of esters is 1. The standard InChI is InChI=1S/C20H18N2O6/c1-12(23)28-18-16(26-2)10-13(11-17(18)27-3)9-15-19(24)21-22(20(15)25)14-7-5-4-6-8-14/h4-11H,1-3H3,(H,21,24)/b15-9-. The van der Waals surface area contributed by atoms with Crippen LogP contribution in [-0.2, 0) is 14.4 Å². The average molecular weight is 382 g/mol. The summed E-state index contributed by atoms with van der Waals surface area (Å²) < 4.78 is 15.6. The van der Waals surface area contributed by atoms with Crippen molar-refractivity contribution in [1.29, 1.82) is 0 Å².